The smallest absolute Gasteiger partial charge is 0.258 e. The van der Waals surface area contributed by atoms with Crippen molar-refractivity contribution in [1.29, 1.82) is 0 Å². The van der Waals surface area contributed by atoms with E-state index in [1.165, 1.54) is 12.3 Å². The second-order valence-corrected chi connectivity index (χ2v) is 6.06. The molecule has 0 saturated heterocycles. The van der Waals surface area contributed by atoms with Crippen LogP contribution in [-0.2, 0) is 0 Å². The molecule has 0 radical (unpaired) electrons. The monoisotopic (exact) mass is 395 g/mol. The lowest BCUT2D eigenvalue weighted by molar-refractivity contribution is 0.211. The Labute approximate surface area is 144 Å². The summed E-state index contributed by atoms with van der Waals surface area (Å²) in [5, 5.41) is 4.37. The van der Waals surface area contributed by atoms with Crippen molar-refractivity contribution in [3.05, 3.63) is 62.2 Å². The molecule has 8 heteroatoms. The Balaban J connectivity index is 1.81. The zero-order chi connectivity index (χ0) is 16.4. The first-order valence-electron chi connectivity index (χ1n) is 6.67. The highest BCUT2D eigenvalue weighted by molar-refractivity contribution is 9.10. The molecule has 0 spiro atoms. The van der Waals surface area contributed by atoms with Crippen LogP contribution in [0.2, 0.25) is 5.02 Å². The number of H-pyrrole nitrogens is 1. The maximum atomic E-state index is 11.3. The van der Waals surface area contributed by atoms with Crippen molar-refractivity contribution in [3.63, 3.8) is 0 Å². The molecule has 0 bridgehead atoms. The van der Waals surface area contributed by atoms with Crippen LogP contribution in [0.5, 0.6) is 5.75 Å². The Hall–Kier alpha value is -2.12. The molecule has 0 amide bonds. The summed E-state index contributed by atoms with van der Waals surface area (Å²) in [7, 11) is 0. The average molecular weight is 397 g/mol. The molecule has 6 nitrogen and oxygen atoms in total. The van der Waals surface area contributed by atoms with Crippen LogP contribution in [0, 0.1) is 0 Å². The van der Waals surface area contributed by atoms with Crippen molar-refractivity contribution in [2.45, 2.75) is 13.0 Å². The summed E-state index contributed by atoms with van der Waals surface area (Å²) in [6.45, 7) is 1.78. The fourth-order valence-electron chi connectivity index (χ4n) is 1.91. The number of nitrogens with zero attached hydrogens (tertiary/aromatic N) is 2. The lowest BCUT2D eigenvalue weighted by Gasteiger charge is -2.12. The molecule has 0 fully saturated rings. The number of aromatic nitrogens is 3. The molecule has 1 unspecified atom stereocenters. The zero-order valence-corrected chi connectivity index (χ0v) is 14.3. The van der Waals surface area contributed by atoms with Crippen LogP contribution in [0.3, 0.4) is 0 Å². The predicted molar refractivity (Wildman–Crippen MR) is 88.5 cm³/mol. The lowest BCUT2D eigenvalue weighted by atomic mass is 10.2. The molecule has 2 aromatic heterocycles. The summed E-state index contributed by atoms with van der Waals surface area (Å²) in [6.07, 6.45) is 1.05. The molecule has 118 valence electrons. The first-order chi connectivity index (χ1) is 11.0. The van der Waals surface area contributed by atoms with Crippen LogP contribution in [0.1, 0.15) is 18.9 Å². The second kappa shape index (κ2) is 6.55. The molecule has 1 N–H and O–H groups in total. The normalized spacial score (nSPS) is 12.1. The minimum Gasteiger partial charge on any atom is -0.481 e. The minimum atomic E-state index is -0.465. The Bertz CT molecular complexity index is 893. The number of pyridine rings is 1. The SMILES string of the molecule is CC(Oc1ccc(Br)cc1Cl)c1noc(-c2cc[nH]c(=O)c2)n1. The number of hydrogen-bond acceptors (Lipinski definition) is 5. The van der Waals surface area contributed by atoms with Gasteiger partial charge in [-0.3, -0.25) is 4.79 Å². The average Bonchev–Trinajstić information content (AvgIpc) is 3.00. The maximum Gasteiger partial charge on any atom is 0.258 e. The molecule has 0 aliphatic carbocycles. The Morgan fingerprint density at radius 2 is 2.17 bits per heavy atom. The van der Waals surface area contributed by atoms with E-state index in [2.05, 4.69) is 31.1 Å². The third-order valence-corrected chi connectivity index (χ3v) is 3.81. The summed E-state index contributed by atoms with van der Waals surface area (Å²) in [4.78, 5) is 18.1. The number of benzene rings is 1. The molecule has 0 aliphatic rings. The van der Waals surface area contributed by atoms with E-state index in [9.17, 15) is 4.79 Å². The van der Waals surface area contributed by atoms with Crippen molar-refractivity contribution < 1.29 is 9.26 Å². The number of aromatic amines is 1. The molecule has 3 aromatic rings. The molecule has 3 rings (SSSR count). The van der Waals surface area contributed by atoms with Crippen molar-refractivity contribution in [2.24, 2.45) is 0 Å². The summed E-state index contributed by atoms with van der Waals surface area (Å²) < 4.78 is 11.8. The van der Waals surface area contributed by atoms with Crippen molar-refractivity contribution in [3.8, 4) is 17.2 Å². The van der Waals surface area contributed by atoms with Gasteiger partial charge in [-0.05, 0) is 31.2 Å². The van der Waals surface area contributed by atoms with Crippen LogP contribution in [-0.4, -0.2) is 15.1 Å². The van der Waals surface area contributed by atoms with E-state index in [0.29, 0.717) is 22.2 Å². The van der Waals surface area contributed by atoms with Crippen LogP contribution in [0.4, 0.5) is 0 Å². The fourth-order valence-corrected chi connectivity index (χ4v) is 2.63. The summed E-state index contributed by atoms with van der Waals surface area (Å²) >= 11 is 9.46. The van der Waals surface area contributed by atoms with Gasteiger partial charge >= 0.3 is 0 Å². The fraction of sp³-hybridized carbons (Fsp3) is 0.133. The summed E-state index contributed by atoms with van der Waals surface area (Å²) in [5.74, 6) is 1.13. The van der Waals surface area contributed by atoms with Gasteiger partial charge in [-0.2, -0.15) is 4.98 Å². The topological polar surface area (TPSA) is 81.0 Å². The van der Waals surface area contributed by atoms with Gasteiger partial charge in [0.25, 0.3) is 5.89 Å². The van der Waals surface area contributed by atoms with Gasteiger partial charge in [-0.25, -0.2) is 0 Å². The van der Waals surface area contributed by atoms with Gasteiger partial charge in [0.2, 0.25) is 11.4 Å². The van der Waals surface area contributed by atoms with Crippen LogP contribution in [0.25, 0.3) is 11.5 Å². The van der Waals surface area contributed by atoms with Crippen molar-refractivity contribution >= 4 is 27.5 Å². The molecular weight excluding hydrogens is 386 g/mol. The summed E-state index contributed by atoms with van der Waals surface area (Å²) in [6, 6.07) is 8.37. The molecule has 0 saturated carbocycles. The van der Waals surface area contributed by atoms with Crippen LogP contribution in [0.15, 0.2) is 50.3 Å². The maximum absolute atomic E-state index is 11.3. The Morgan fingerprint density at radius 3 is 2.91 bits per heavy atom. The Kier molecular flexibility index (Phi) is 4.49. The van der Waals surface area contributed by atoms with Gasteiger partial charge in [0, 0.05) is 22.3 Å². The highest BCUT2D eigenvalue weighted by atomic mass is 79.9. The first kappa shape index (κ1) is 15.8. The van der Waals surface area contributed by atoms with Gasteiger partial charge in [-0.1, -0.05) is 32.7 Å². The van der Waals surface area contributed by atoms with E-state index in [1.54, 1.807) is 25.1 Å². The number of ether oxygens (including phenoxy) is 1. The predicted octanol–water partition coefficient (Wildman–Crippen LogP) is 3.98. The number of hydrogen-bond donors (Lipinski definition) is 1. The van der Waals surface area contributed by atoms with Gasteiger partial charge in [0.15, 0.2) is 6.10 Å². The van der Waals surface area contributed by atoms with E-state index < -0.39 is 6.10 Å². The van der Waals surface area contributed by atoms with Crippen LogP contribution >= 0.6 is 27.5 Å². The first-order valence-corrected chi connectivity index (χ1v) is 7.84. The number of halogens is 2. The van der Waals surface area contributed by atoms with Gasteiger partial charge < -0.3 is 14.2 Å². The van der Waals surface area contributed by atoms with E-state index in [1.807, 2.05) is 6.07 Å². The molecule has 2 heterocycles. The molecule has 23 heavy (non-hydrogen) atoms. The zero-order valence-electron chi connectivity index (χ0n) is 11.9. The lowest BCUT2D eigenvalue weighted by Crippen LogP contribution is -2.05. The quantitative estimate of drug-likeness (QED) is 0.721. The Morgan fingerprint density at radius 1 is 1.35 bits per heavy atom. The third kappa shape index (κ3) is 3.62. The number of rotatable bonds is 4. The van der Waals surface area contributed by atoms with E-state index in [4.69, 9.17) is 20.9 Å². The van der Waals surface area contributed by atoms with Crippen molar-refractivity contribution in [2.75, 3.05) is 0 Å². The van der Waals surface area contributed by atoms with Crippen LogP contribution < -0.4 is 10.3 Å². The largest absolute Gasteiger partial charge is 0.481 e. The molecule has 1 atom stereocenters. The molecule has 0 aliphatic heterocycles. The second-order valence-electron chi connectivity index (χ2n) is 4.73. The van der Waals surface area contributed by atoms with Gasteiger partial charge in [0.1, 0.15) is 5.75 Å². The van der Waals surface area contributed by atoms with E-state index >= 15 is 0 Å². The number of nitrogens with one attached hydrogen (secondary N) is 1. The third-order valence-electron chi connectivity index (χ3n) is 3.03. The minimum absolute atomic E-state index is 0.242. The van der Waals surface area contributed by atoms with Gasteiger partial charge in [0.05, 0.1) is 5.02 Å². The highest BCUT2D eigenvalue weighted by Gasteiger charge is 2.17. The standard InChI is InChI=1S/C15H11BrClN3O3/c1-8(22-12-3-2-10(16)7-11(12)17)14-19-15(23-20-14)9-4-5-18-13(21)6-9/h2-8H,1H3,(H,18,21). The molecule has 1 aromatic carbocycles. The van der Waals surface area contributed by atoms with E-state index in [-0.39, 0.29) is 11.4 Å². The van der Waals surface area contributed by atoms with Gasteiger partial charge in [-0.15, -0.1) is 0 Å². The summed E-state index contributed by atoms with van der Waals surface area (Å²) in [5.41, 5.74) is 0.301. The van der Waals surface area contributed by atoms with Crippen molar-refractivity contribution in [1.82, 2.24) is 15.1 Å². The molecular formula is C15H11BrClN3O3. The van der Waals surface area contributed by atoms with E-state index in [0.717, 1.165) is 4.47 Å². The highest BCUT2D eigenvalue weighted by Crippen LogP contribution is 2.31.